The summed E-state index contributed by atoms with van der Waals surface area (Å²) < 4.78 is 0. The van der Waals surface area contributed by atoms with Crippen LogP contribution in [0, 0.1) is 0 Å². The molecular weight excluding hydrogens is 296 g/mol. The van der Waals surface area contributed by atoms with E-state index in [1.165, 1.54) is 10.9 Å². The van der Waals surface area contributed by atoms with Gasteiger partial charge < -0.3 is 15.4 Å². The van der Waals surface area contributed by atoms with Crippen molar-refractivity contribution in [1.29, 1.82) is 0 Å². The van der Waals surface area contributed by atoms with Crippen LogP contribution >= 0.6 is 11.8 Å². The van der Waals surface area contributed by atoms with Crippen LogP contribution < -0.4 is 5.32 Å². The number of H-pyrrole nitrogens is 1. The molecule has 1 aliphatic rings. The Morgan fingerprint density at radius 2 is 2.09 bits per heavy atom. The smallest absolute Gasteiger partial charge is 0.252 e. The van der Waals surface area contributed by atoms with Crippen LogP contribution in [-0.2, 0) is 11.2 Å². The quantitative estimate of drug-likeness (QED) is 0.742. The first-order chi connectivity index (χ1) is 10.7. The number of aryl methyl sites for hydroxylation is 1. The van der Waals surface area contributed by atoms with E-state index in [-0.39, 0.29) is 5.91 Å². The first-order valence-electron chi connectivity index (χ1n) is 7.82. The number of nitrogens with one attached hydrogen (secondary N) is 2. The van der Waals surface area contributed by atoms with Crippen LogP contribution in [0.25, 0.3) is 10.9 Å². The minimum absolute atomic E-state index is 0.202. The Bertz CT molecular complexity index is 647. The molecule has 1 amide bonds. The topological polar surface area (TPSA) is 65.1 Å². The summed E-state index contributed by atoms with van der Waals surface area (Å²) in [7, 11) is 0. The van der Waals surface area contributed by atoms with Crippen molar-refractivity contribution in [3.63, 3.8) is 0 Å². The number of hydrogen-bond donors (Lipinski definition) is 3. The Labute approximate surface area is 134 Å². The number of aromatic amines is 1. The van der Waals surface area contributed by atoms with Gasteiger partial charge >= 0.3 is 0 Å². The molecule has 22 heavy (non-hydrogen) atoms. The van der Waals surface area contributed by atoms with E-state index in [1.807, 2.05) is 18.3 Å². The third-order valence-corrected chi connectivity index (χ3v) is 5.31. The third kappa shape index (κ3) is 3.31. The number of benzene rings is 1. The molecule has 3 rings (SSSR count). The van der Waals surface area contributed by atoms with Crippen LogP contribution in [-0.4, -0.2) is 39.6 Å². The average molecular weight is 318 g/mol. The summed E-state index contributed by atoms with van der Waals surface area (Å²) in [6.07, 6.45) is 4.95. The van der Waals surface area contributed by atoms with Crippen molar-refractivity contribution in [3.8, 4) is 0 Å². The van der Waals surface area contributed by atoms with E-state index >= 15 is 0 Å². The number of para-hydroxylation sites is 1. The van der Waals surface area contributed by atoms with Gasteiger partial charge in [-0.3, -0.25) is 4.79 Å². The summed E-state index contributed by atoms with van der Waals surface area (Å²) in [6.45, 7) is 0.605. The molecular formula is C17H22N2O2S. The molecule has 0 atom stereocenters. The number of thioether (sulfide) groups is 1. The monoisotopic (exact) mass is 318 g/mol. The van der Waals surface area contributed by atoms with E-state index in [9.17, 15) is 9.90 Å². The third-order valence-electron chi connectivity index (χ3n) is 4.33. The van der Waals surface area contributed by atoms with Crippen molar-refractivity contribution < 1.29 is 9.90 Å². The molecule has 1 fully saturated rings. The van der Waals surface area contributed by atoms with Gasteiger partial charge in [-0.2, -0.15) is 11.8 Å². The number of rotatable bonds is 5. The van der Waals surface area contributed by atoms with E-state index < -0.39 is 5.60 Å². The highest BCUT2D eigenvalue weighted by Gasteiger charge is 2.36. The second-order valence-corrected chi connectivity index (χ2v) is 7.09. The van der Waals surface area contributed by atoms with Gasteiger partial charge in [0.05, 0.1) is 0 Å². The van der Waals surface area contributed by atoms with Crippen LogP contribution in [0.15, 0.2) is 30.5 Å². The van der Waals surface area contributed by atoms with E-state index in [4.69, 9.17) is 0 Å². The summed E-state index contributed by atoms with van der Waals surface area (Å²) in [5, 5.41) is 14.5. The lowest BCUT2D eigenvalue weighted by Crippen LogP contribution is -2.49. The van der Waals surface area contributed by atoms with Crippen LogP contribution in [0.5, 0.6) is 0 Å². The highest BCUT2D eigenvalue weighted by Crippen LogP contribution is 2.27. The van der Waals surface area contributed by atoms with Gasteiger partial charge in [-0.05, 0) is 48.8 Å². The second kappa shape index (κ2) is 6.75. The molecule has 3 N–H and O–H groups in total. The molecule has 5 heteroatoms. The minimum atomic E-state index is -1.15. The predicted molar refractivity (Wildman–Crippen MR) is 91.1 cm³/mol. The zero-order valence-electron chi connectivity index (χ0n) is 12.6. The number of aliphatic hydroxyl groups is 1. The summed E-state index contributed by atoms with van der Waals surface area (Å²) in [5.74, 6) is 1.52. The fraction of sp³-hybridized carbons (Fsp3) is 0.471. The molecule has 118 valence electrons. The van der Waals surface area contributed by atoms with Crippen molar-refractivity contribution in [2.24, 2.45) is 0 Å². The van der Waals surface area contributed by atoms with Crippen LogP contribution in [0.2, 0.25) is 0 Å². The molecule has 1 aromatic carbocycles. The minimum Gasteiger partial charge on any atom is -0.380 e. The van der Waals surface area contributed by atoms with Crippen molar-refractivity contribution in [3.05, 3.63) is 36.0 Å². The number of hydrogen-bond acceptors (Lipinski definition) is 3. The van der Waals surface area contributed by atoms with Gasteiger partial charge in [0, 0.05) is 23.6 Å². The summed E-state index contributed by atoms with van der Waals surface area (Å²) in [6, 6.07) is 8.24. The Morgan fingerprint density at radius 1 is 1.32 bits per heavy atom. The van der Waals surface area contributed by atoms with E-state index in [2.05, 4.69) is 22.4 Å². The maximum atomic E-state index is 12.1. The zero-order chi connectivity index (χ0) is 15.4. The van der Waals surface area contributed by atoms with Crippen LogP contribution in [0.3, 0.4) is 0 Å². The highest BCUT2D eigenvalue weighted by molar-refractivity contribution is 7.99. The van der Waals surface area contributed by atoms with E-state index in [1.54, 1.807) is 11.8 Å². The summed E-state index contributed by atoms with van der Waals surface area (Å²) in [4.78, 5) is 15.4. The number of amides is 1. The lowest BCUT2D eigenvalue weighted by atomic mass is 9.96. The normalized spacial score (nSPS) is 17.5. The predicted octanol–water partition coefficient (Wildman–Crippen LogP) is 2.47. The van der Waals surface area contributed by atoms with Gasteiger partial charge in [-0.15, -0.1) is 0 Å². The Kier molecular flexibility index (Phi) is 4.74. The summed E-state index contributed by atoms with van der Waals surface area (Å²) in [5.41, 5.74) is 1.28. The van der Waals surface area contributed by atoms with Gasteiger partial charge in [0.25, 0.3) is 5.91 Å². The number of carbonyl (C=O) groups is 1. The fourth-order valence-electron chi connectivity index (χ4n) is 2.92. The second-order valence-electron chi connectivity index (χ2n) is 5.86. The van der Waals surface area contributed by atoms with Crippen molar-refractivity contribution in [1.82, 2.24) is 10.3 Å². The number of fused-ring (bicyclic) bond motifs is 1. The molecule has 2 aromatic rings. The fourth-order valence-corrected chi connectivity index (χ4v) is 4.09. The maximum Gasteiger partial charge on any atom is 0.252 e. The first kappa shape index (κ1) is 15.4. The lowest BCUT2D eigenvalue weighted by Gasteiger charge is -2.30. The van der Waals surface area contributed by atoms with Gasteiger partial charge in [-0.1, -0.05) is 18.2 Å². The molecule has 1 aromatic heterocycles. The molecule has 0 unspecified atom stereocenters. The molecule has 4 nitrogen and oxygen atoms in total. The van der Waals surface area contributed by atoms with Gasteiger partial charge in [0.2, 0.25) is 0 Å². The Balaban J connectivity index is 1.48. The average Bonchev–Trinajstić information content (AvgIpc) is 2.95. The molecule has 0 radical (unpaired) electrons. The molecule has 0 spiro atoms. The Hall–Kier alpha value is -1.46. The lowest BCUT2D eigenvalue weighted by molar-refractivity contribution is -0.140. The van der Waals surface area contributed by atoms with Crippen molar-refractivity contribution >= 4 is 28.6 Å². The highest BCUT2D eigenvalue weighted by atomic mass is 32.2. The number of aromatic nitrogens is 1. The van der Waals surface area contributed by atoms with Crippen LogP contribution in [0.1, 0.15) is 24.8 Å². The molecule has 1 aliphatic heterocycles. The van der Waals surface area contributed by atoms with Gasteiger partial charge in [-0.25, -0.2) is 0 Å². The zero-order valence-corrected chi connectivity index (χ0v) is 13.4. The maximum absolute atomic E-state index is 12.1. The SMILES string of the molecule is O=C(NCCCc1c[nH]c2ccccc12)C1(O)CCSCC1. The molecule has 1 saturated heterocycles. The summed E-state index contributed by atoms with van der Waals surface area (Å²) >= 11 is 1.80. The van der Waals surface area contributed by atoms with Crippen molar-refractivity contribution in [2.75, 3.05) is 18.1 Å². The molecule has 0 aliphatic carbocycles. The molecule has 0 bridgehead atoms. The largest absolute Gasteiger partial charge is 0.380 e. The van der Waals surface area contributed by atoms with Gasteiger partial charge in [0.15, 0.2) is 0 Å². The van der Waals surface area contributed by atoms with Gasteiger partial charge in [0.1, 0.15) is 5.60 Å². The van der Waals surface area contributed by atoms with Crippen molar-refractivity contribution in [2.45, 2.75) is 31.3 Å². The molecule has 2 heterocycles. The van der Waals surface area contributed by atoms with E-state index in [0.717, 1.165) is 29.9 Å². The molecule has 0 saturated carbocycles. The number of carbonyl (C=O) groups excluding carboxylic acids is 1. The Morgan fingerprint density at radius 3 is 2.91 bits per heavy atom. The first-order valence-corrected chi connectivity index (χ1v) is 8.98. The standard InChI is InChI=1S/C17H22N2O2S/c20-16(17(21)7-10-22-11-8-17)18-9-3-4-13-12-19-15-6-2-1-5-14(13)15/h1-2,5-6,12,19,21H,3-4,7-11H2,(H,18,20). The van der Waals surface area contributed by atoms with E-state index in [0.29, 0.717) is 19.4 Å². The van der Waals surface area contributed by atoms with Crippen LogP contribution in [0.4, 0.5) is 0 Å².